The lowest BCUT2D eigenvalue weighted by Crippen LogP contribution is -2.44. The lowest BCUT2D eigenvalue weighted by Gasteiger charge is -2.38. The molecule has 3 heterocycles. The Labute approximate surface area is 222 Å². The minimum atomic E-state index is -0.478. The molecule has 0 N–H and O–H groups in total. The molecule has 3 aliphatic rings. The Morgan fingerprint density at radius 2 is 2.00 bits per heavy atom. The van der Waals surface area contributed by atoms with Crippen LogP contribution in [0.3, 0.4) is 0 Å². The number of allylic oxidation sites excluding steroid dienone is 1. The van der Waals surface area contributed by atoms with Crippen molar-refractivity contribution in [3.8, 4) is 0 Å². The van der Waals surface area contributed by atoms with Crippen molar-refractivity contribution >= 4 is 34.8 Å². The molecule has 4 rings (SSSR count). The van der Waals surface area contributed by atoms with Gasteiger partial charge in [0.25, 0.3) is 0 Å². The Balaban J connectivity index is 1.61. The third kappa shape index (κ3) is 5.66. The first-order valence-electron chi connectivity index (χ1n) is 12.6. The molecule has 1 saturated heterocycles. The first-order chi connectivity index (χ1) is 17.8. The predicted molar refractivity (Wildman–Crippen MR) is 143 cm³/mol. The van der Waals surface area contributed by atoms with Crippen LogP contribution in [0.5, 0.6) is 0 Å². The summed E-state index contributed by atoms with van der Waals surface area (Å²) in [7, 11) is 0. The second-order valence-corrected chi connectivity index (χ2v) is 10.1. The zero-order valence-corrected chi connectivity index (χ0v) is 22.4. The van der Waals surface area contributed by atoms with E-state index in [0.29, 0.717) is 31.0 Å². The number of aryl methyl sites for hydroxylation is 1. The van der Waals surface area contributed by atoms with Crippen molar-refractivity contribution in [1.29, 1.82) is 0 Å². The van der Waals surface area contributed by atoms with Gasteiger partial charge in [-0.3, -0.25) is 9.59 Å². The van der Waals surface area contributed by atoms with E-state index in [-0.39, 0.29) is 30.8 Å². The van der Waals surface area contributed by atoms with E-state index < -0.39 is 12.0 Å². The van der Waals surface area contributed by atoms with E-state index in [1.807, 2.05) is 48.4 Å². The summed E-state index contributed by atoms with van der Waals surface area (Å²) in [4.78, 5) is 47.4. The normalized spacial score (nSPS) is 21.2. The van der Waals surface area contributed by atoms with Gasteiger partial charge in [0.1, 0.15) is 6.61 Å². The highest BCUT2D eigenvalue weighted by atomic mass is 32.2. The number of likely N-dealkylation sites (tertiary alicyclic amines) is 1. The van der Waals surface area contributed by atoms with Crippen LogP contribution in [-0.2, 0) is 23.9 Å². The van der Waals surface area contributed by atoms with Crippen molar-refractivity contribution in [2.24, 2.45) is 10.9 Å². The van der Waals surface area contributed by atoms with E-state index in [2.05, 4.69) is 6.58 Å². The van der Waals surface area contributed by atoms with Crippen LogP contribution < -0.4 is 0 Å². The van der Waals surface area contributed by atoms with Crippen LogP contribution in [0.15, 0.2) is 64.3 Å². The number of carbonyl (C=O) groups excluding carboxylic acids is 3. The monoisotopic (exact) mass is 523 g/mol. The molecule has 2 unspecified atom stereocenters. The van der Waals surface area contributed by atoms with E-state index >= 15 is 0 Å². The maximum Gasteiger partial charge on any atom is 0.338 e. The lowest BCUT2D eigenvalue weighted by atomic mass is 9.91. The Bertz CT molecular complexity index is 1190. The largest absolute Gasteiger partial charge is 0.466 e. The average molecular weight is 524 g/mol. The molecule has 1 aromatic rings. The molecule has 0 aromatic heterocycles. The van der Waals surface area contributed by atoms with Crippen LogP contribution in [0.1, 0.15) is 50.3 Å². The number of thioether (sulfide) groups is 1. The Morgan fingerprint density at radius 3 is 2.73 bits per heavy atom. The molecule has 1 aromatic carbocycles. The molecule has 0 radical (unpaired) electrons. The predicted octanol–water partition coefficient (Wildman–Crippen LogP) is 4.49. The highest BCUT2D eigenvalue weighted by molar-refractivity contribution is 8.16. The molecule has 0 spiro atoms. The molecule has 9 heteroatoms. The number of amidine groups is 1. The van der Waals surface area contributed by atoms with Crippen LogP contribution in [0.4, 0.5) is 0 Å². The van der Waals surface area contributed by atoms with Gasteiger partial charge in [0, 0.05) is 18.8 Å². The van der Waals surface area contributed by atoms with Gasteiger partial charge >= 0.3 is 11.9 Å². The number of fused-ring (bicyclic) bond motifs is 1. The van der Waals surface area contributed by atoms with Crippen molar-refractivity contribution < 1.29 is 23.9 Å². The Hall–Kier alpha value is -3.33. The summed E-state index contributed by atoms with van der Waals surface area (Å²) in [5.74, 6) is -1.06. The van der Waals surface area contributed by atoms with Crippen LogP contribution in [0.2, 0.25) is 0 Å². The van der Waals surface area contributed by atoms with Gasteiger partial charge in [0.15, 0.2) is 5.17 Å². The molecule has 2 atom stereocenters. The number of carbonyl (C=O) groups is 3. The minimum Gasteiger partial charge on any atom is -0.466 e. The lowest BCUT2D eigenvalue weighted by molar-refractivity contribution is -0.151. The average Bonchev–Trinajstić information content (AvgIpc) is 3.28. The highest BCUT2D eigenvalue weighted by Crippen LogP contribution is 2.45. The fourth-order valence-corrected chi connectivity index (χ4v) is 5.92. The third-order valence-electron chi connectivity index (χ3n) is 6.76. The summed E-state index contributed by atoms with van der Waals surface area (Å²) in [5.41, 5.74) is 3.77. The molecule has 8 nitrogen and oxygen atoms in total. The van der Waals surface area contributed by atoms with Gasteiger partial charge in [-0.25, -0.2) is 9.79 Å². The summed E-state index contributed by atoms with van der Waals surface area (Å²) < 4.78 is 10.6. The molecule has 0 aliphatic carbocycles. The molecule has 196 valence electrons. The first-order valence-corrected chi connectivity index (χ1v) is 13.5. The number of hydrogen-bond acceptors (Lipinski definition) is 8. The molecule has 1 fully saturated rings. The van der Waals surface area contributed by atoms with Gasteiger partial charge in [-0.1, -0.05) is 48.7 Å². The molecule has 1 amide bonds. The fraction of sp³-hybridized carbons (Fsp3) is 0.429. The summed E-state index contributed by atoms with van der Waals surface area (Å²) >= 11 is 1.44. The molecule has 3 aliphatic heterocycles. The summed E-state index contributed by atoms with van der Waals surface area (Å²) in [6, 6.07) is 7.42. The molecule has 37 heavy (non-hydrogen) atoms. The van der Waals surface area contributed by atoms with Crippen LogP contribution in [0, 0.1) is 12.8 Å². The smallest absolute Gasteiger partial charge is 0.338 e. The number of hydrogen-bond donors (Lipinski definition) is 0. The quantitative estimate of drug-likeness (QED) is 0.366. The molecular weight excluding hydrogens is 490 g/mol. The van der Waals surface area contributed by atoms with Crippen LogP contribution in [0.25, 0.3) is 0 Å². The number of esters is 2. The third-order valence-corrected chi connectivity index (χ3v) is 7.65. The van der Waals surface area contributed by atoms with E-state index in [9.17, 15) is 14.4 Å². The number of benzene rings is 1. The van der Waals surface area contributed by atoms with Crippen molar-refractivity contribution in [1.82, 2.24) is 9.80 Å². The number of ether oxygens (including phenoxy) is 2. The van der Waals surface area contributed by atoms with Gasteiger partial charge in [-0.15, -0.1) is 0 Å². The molecule has 0 saturated carbocycles. The van der Waals surface area contributed by atoms with Gasteiger partial charge < -0.3 is 19.3 Å². The second-order valence-electron chi connectivity index (χ2n) is 9.24. The Kier molecular flexibility index (Phi) is 8.53. The summed E-state index contributed by atoms with van der Waals surface area (Å²) in [6.45, 7) is 10.6. The van der Waals surface area contributed by atoms with Gasteiger partial charge in [-0.2, -0.15) is 0 Å². The zero-order valence-electron chi connectivity index (χ0n) is 21.6. The number of rotatable bonds is 8. The zero-order chi connectivity index (χ0) is 26.5. The minimum absolute atomic E-state index is 0.0623. The fourth-order valence-electron chi connectivity index (χ4n) is 4.95. The molecule has 0 bridgehead atoms. The molecular formula is C28H33N3O5S. The van der Waals surface area contributed by atoms with E-state index in [1.54, 1.807) is 11.8 Å². The number of amides is 1. The maximum atomic E-state index is 13.4. The Morgan fingerprint density at radius 1 is 1.22 bits per heavy atom. The van der Waals surface area contributed by atoms with Gasteiger partial charge in [0.2, 0.25) is 5.91 Å². The van der Waals surface area contributed by atoms with Gasteiger partial charge in [-0.05, 0) is 50.1 Å². The standard InChI is InChI=1S/C28H33N3O5S/c1-5-14-36-27(34)24-19(4)29-28-31(25(24)22-12-8-7-10-18(22)3)21(17-37-28)15-23(32)30-13-9-11-20(16-30)26(33)35-6-2/h5,7-8,10,12,17,20,25H,1,6,9,11,13-16H2,2-4H3. The van der Waals surface area contributed by atoms with E-state index in [4.69, 9.17) is 14.5 Å². The number of aliphatic imine (C=N–C) groups is 1. The maximum absolute atomic E-state index is 13.4. The summed E-state index contributed by atoms with van der Waals surface area (Å²) in [5, 5.41) is 2.65. The van der Waals surface area contributed by atoms with E-state index in [0.717, 1.165) is 34.8 Å². The van der Waals surface area contributed by atoms with Crippen LogP contribution >= 0.6 is 11.8 Å². The van der Waals surface area contributed by atoms with Crippen molar-refractivity contribution in [2.45, 2.75) is 46.1 Å². The van der Waals surface area contributed by atoms with Crippen LogP contribution in [-0.4, -0.2) is 59.1 Å². The van der Waals surface area contributed by atoms with Crippen molar-refractivity contribution in [2.75, 3.05) is 26.3 Å². The highest BCUT2D eigenvalue weighted by Gasteiger charge is 2.42. The number of nitrogens with zero attached hydrogens (tertiary/aromatic N) is 3. The second kappa shape index (κ2) is 11.8. The topological polar surface area (TPSA) is 88.5 Å². The number of piperidine rings is 1. The van der Waals surface area contributed by atoms with Crippen molar-refractivity contribution in [3.05, 3.63) is 70.4 Å². The van der Waals surface area contributed by atoms with Crippen molar-refractivity contribution in [3.63, 3.8) is 0 Å². The van der Waals surface area contributed by atoms with E-state index in [1.165, 1.54) is 17.8 Å². The first kappa shape index (κ1) is 26.7. The van der Waals surface area contributed by atoms with Gasteiger partial charge in [0.05, 0.1) is 36.3 Å². The SMILES string of the molecule is C=CCOC(=O)C1=C(C)N=C2SC=C(CC(=O)N3CCCC(C(=O)OCC)C3)N2C1c1ccccc1C. The summed E-state index contributed by atoms with van der Waals surface area (Å²) in [6.07, 6.45) is 3.15.